The Bertz CT molecular complexity index is 951. The molecule has 0 radical (unpaired) electrons. The van der Waals surface area contributed by atoms with E-state index in [-0.39, 0.29) is 11.9 Å². The third-order valence-electron chi connectivity index (χ3n) is 7.02. The highest BCUT2D eigenvalue weighted by Gasteiger charge is 2.27. The second-order valence-electron chi connectivity index (χ2n) is 9.88. The van der Waals surface area contributed by atoms with Crippen molar-refractivity contribution in [1.82, 2.24) is 25.1 Å². The lowest BCUT2D eigenvalue weighted by atomic mass is 9.91. The number of unbranched alkanes of at least 4 members (excludes halogenated alkanes) is 3. The van der Waals surface area contributed by atoms with E-state index in [1.54, 1.807) is 6.20 Å². The van der Waals surface area contributed by atoms with Gasteiger partial charge in [-0.3, -0.25) is 9.48 Å². The van der Waals surface area contributed by atoms with Gasteiger partial charge in [0.15, 0.2) is 0 Å². The van der Waals surface area contributed by atoms with Gasteiger partial charge in [0, 0.05) is 36.8 Å². The van der Waals surface area contributed by atoms with Crippen LogP contribution < -0.4 is 16.4 Å². The number of nitrogens with two attached hydrogens (primary N) is 1. The minimum absolute atomic E-state index is 0.174. The molecule has 2 saturated carbocycles. The van der Waals surface area contributed by atoms with Gasteiger partial charge in [-0.05, 0) is 70.3 Å². The van der Waals surface area contributed by atoms with Crippen LogP contribution in [0.15, 0.2) is 12.4 Å². The summed E-state index contributed by atoms with van der Waals surface area (Å²) in [5.41, 5.74) is 8.45. The molecular formula is C25H38ClN7O. The van der Waals surface area contributed by atoms with E-state index in [1.807, 2.05) is 17.9 Å². The Labute approximate surface area is 207 Å². The molecule has 2 aromatic heterocycles. The maximum Gasteiger partial charge on any atom is 0.223 e. The Hall–Kier alpha value is -2.19. The first-order chi connectivity index (χ1) is 16.5. The zero-order valence-electron chi connectivity index (χ0n) is 20.2. The molecular weight excluding hydrogens is 450 g/mol. The van der Waals surface area contributed by atoms with E-state index in [2.05, 4.69) is 20.7 Å². The van der Waals surface area contributed by atoms with Gasteiger partial charge in [-0.25, -0.2) is 9.97 Å². The lowest BCUT2D eigenvalue weighted by Crippen LogP contribution is -2.40. The molecule has 186 valence electrons. The Kier molecular flexibility index (Phi) is 8.78. The van der Waals surface area contributed by atoms with E-state index in [4.69, 9.17) is 22.3 Å². The molecule has 0 aromatic carbocycles. The normalized spacial score (nSPS) is 20.3. The fourth-order valence-electron chi connectivity index (χ4n) is 4.77. The smallest absolute Gasteiger partial charge is 0.223 e. The minimum atomic E-state index is 0.174. The molecule has 2 aliphatic rings. The molecule has 34 heavy (non-hydrogen) atoms. The molecule has 8 nitrogen and oxygen atoms in total. The molecule has 0 unspecified atom stereocenters. The largest absolute Gasteiger partial charge is 0.353 e. The number of aryl methyl sites for hydroxylation is 1. The summed E-state index contributed by atoms with van der Waals surface area (Å²) < 4.78 is 1.94. The average molecular weight is 488 g/mol. The Morgan fingerprint density at radius 3 is 2.56 bits per heavy atom. The van der Waals surface area contributed by atoms with Crippen molar-refractivity contribution in [3.8, 4) is 11.3 Å². The average Bonchev–Trinajstić information content (AvgIpc) is 3.58. The van der Waals surface area contributed by atoms with Crippen LogP contribution in [-0.4, -0.2) is 44.3 Å². The van der Waals surface area contributed by atoms with E-state index in [0.29, 0.717) is 23.4 Å². The zero-order chi connectivity index (χ0) is 23.9. The Morgan fingerprint density at radius 2 is 1.82 bits per heavy atom. The first-order valence-corrected chi connectivity index (χ1v) is 13.2. The number of rotatable bonds is 12. The van der Waals surface area contributed by atoms with Gasteiger partial charge in [0.25, 0.3) is 0 Å². The van der Waals surface area contributed by atoms with E-state index in [0.717, 1.165) is 81.5 Å². The monoisotopic (exact) mass is 487 g/mol. The maximum atomic E-state index is 12.2. The maximum absolute atomic E-state index is 12.2. The molecule has 0 saturated heterocycles. The van der Waals surface area contributed by atoms with Crippen LogP contribution in [0.25, 0.3) is 11.3 Å². The highest BCUT2D eigenvalue weighted by molar-refractivity contribution is 6.32. The molecule has 0 atom stereocenters. The van der Waals surface area contributed by atoms with E-state index in [1.165, 1.54) is 18.5 Å². The molecule has 9 heteroatoms. The molecule has 0 spiro atoms. The van der Waals surface area contributed by atoms with Gasteiger partial charge in [0.05, 0.1) is 23.1 Å². The molecule has 4 N–H and O–H groups in total. The van der Waals surface area contributed by atoms with Gasteiger partial charge in [0.2, 0.25) is 11.9 Å². The van der Waals surface area contributed by atoms with Gasteiger partial charge >= 0.3 is 0 Å². The van der Waals surface area contributed by atoms with Crippen LogP contribution in [0.1, 0.15) is 76.3 Å². The number of nitrogens with zero attached hydrogens (tertiary/aromatic N) is 4. The van der Waals surface area contributed by atoms with Crippen LogP contribution in [0, 0.1) is 5.92 Å². The number of aromatic nitrogens is 4. The second-order valence-corrected chi connectivity index (χ2v) is 10.3. The Balaban J connectivity index is 1.27. The zero-order valence-corrected chi connectivity index (χ0v) is 21.0. The summed E-state index contributed by atoms with van der Waals surface area (Å²) in [7, 11) is 1.98. The minimum Gasteiger partial charge on any atom is -0.353 e. The van der Waals surface area contributed by atoms with Crippen LogP contribution in [-0.2, 0) is 18.3 Å². The van der Waals surface area contributed by atoms with Crippen LogP contribution in [0.4, 0.5) is 5.95 Å². The van der Waals surface area contributed by atoms with E-state index >= 15 is 0 Å². The first kappa shape index (κ1) is 24.9. The van der Waals surface area contributed by atoms with Crippen molar-refractivity contribution < 1.29 is 4.79 Å². The molecule has 2 heterocycles. The number of halogens is 1. The summed E-state index contributed by atoms with van der Waals surface area (Å²) in [5, 5.41) is 11.7. The number of carbonyl (C=O) groups is 1. The first-order valence-electron chi connectivity index (χ1n) is 12.8. The van der Waals surface area contributed by atoms with Gasteiger partial charge < -0.3 is 16.4 Å². The standard InChI is InChI=1S/C25H38ClN7O/c1-33-22(14-17-7-8-17)20(15-29-33)24-21(26)16-28-25(32-24)31-19-11-9-18(10-12-19)30-23(34)6-4-2-3-5-13-27/h15-19H,2-14,27H2,1H3,(H,30,34)(H,28,31,32)/t18-,19-. The summed E-state index contributed by atoms with van der Waals surface area (Å²) in [6.07, 6.45) is 15.8. The van der Waals surface area contributed by atoms with Crippen molar-refractivity contribution in [3.63, 3.8) is 0 Å². The molecule has 2 aromatic rings. The summed E-state index contributed by atoms with van der Waals surface area (Å²) >= 11 is 6.50. The highest BCUT2D eigenvalue weighted by Crippen LogP contribution is 2.37. The van der Waals surface area contributed by atoms with Gasteiger partial charge in [-0.15, -0.1) is 0 Å². The highest BCUT2D eigenvalue weighted by atomic mass is 35.5. The number of carbonyl (C=O) groups excluding carboxylic acids is 1. The summed E-state index contributed by atoms with van der Waals surface area (Å²) in [4.78, 5) is 21.4. The predicted octanol–water partition coefficient (Wildman–Crippen LogP) is 4.23. The molecule has 4 rings (SSSR count). The van der Waals surface area contributed by atoms with Crippen LogP contribution in [0.5, 0.6) is 0 Å². The van der Waals surface area contributed by atoms with Crippen molar-refractivity contribution >= 4 is 23.5 Å². The van der Waals surface area contributed by atoms with Crippen molar-refractivity contribution in [2.45, 2.75) is 89.1 Å². The number of amides is 1. The topological polar surface area (TPSA) is 111 Å². The molecule has 0 aliphatic heterocycles. The van der Waals surface area contributed by atoms with E-state index in [9.17, 15) is 4.79 Å². The van der Waals surface area contributed by atoms with E-state index < -0.39 is 0 Å². The second kappa shape index (κ2) is 12.0. The number of nitrogens with one attached hydrogen (secondary N) is 2. The lowest BCUT2D eigenvalue weighted by Gasteiger charge is -2.29. The summed E-state index contributed by atoms with van der Waals surface area (Å²) in [6.45, 7) is 0.733. The molecule has 1 amide bonds. The quantitative estimate of drug-likeness (QED) is 0.386. The molecule has 2 aliphatic carbocycles. The van der Waals surface area contributed by atoms with Crippen molar-refractivity contribution in [1.29, 1.82) is 0 Å². The fourth-order valence-corrected chi connectivity index (χ4v) is 4.96. The van der Waals surface area contributed by atoms with Gasteiger partial charge in [-0.2, -0.15) is 5.10 Å². The predicted molar refractivity (Wildman–Crippen MR) is 136 cm³/mol. The van der Waals surface area contributed by atoms with Crippen LogP contribution in [0.3, 0.4) is 0 Å². The lowest BCUT2D eigenvalue weighted by molar-refractivity contribution is -0.122. The number of hydrogen-bond acceptors (Lipinski definition) is 6. The van der Waals surface area contributed by atoms with Crippen molar-refractivity contribution in [2.24, 2.45) is 18.7 Å². The third kappa shape index (κ3) is 6.92. The SMILES string of the molecule is Cn1ncc(-c2nc(N[C@H]3CC[C@H](NC(=O)CCCCCCN)CC3)ncc2Cl)c1CC1CC1. The van der Waals surface area contributed by atoms with Gasteiger partial charge in [0.1, 0.15) is 0 Å². The van der Waals surface area contributed by atoms with Gasteiger partial charge in [-0.1, -0.05) is 24.4 Å². The third-order valence-corrected chi connectivity index (χ3v) is 7.30. The fraction of sp³-hybridized carbons (Fsp3) is 0.680. The van der Waals surface area contributed by atoms with Crippen LogP contribution in [0.2, 0.25) is 5.02 Å². The van der Waals surface area contributed by atoms with Crippen LogP contribution >= 0.6 is 11.6 Å². The summed E-state index contributed by atoms with van der Waals surface area (Å²) in [6, 6.07) is 0.551. The summed E-state index contributed by atoms with van der Waals surface area (Å²) in [5.74, 6) is 1.53. The number of hydrogen-bond donors (Lipinski definition) is 3. The molecule has 2 fully saturated rings. The number of anilines is 1. The van der Waals surface area contributed by atoms with Crippen molar-refractivity contribution in [3.05, 3.63) is 23.1 Å². The molecule has 0 bridgehead atoms. The Morgan fingerprint density at radius 1 is 1.09 bits per heavy atom. The van der Waals surface area contributed by atoms with Crippen molar-refractivity contribution in [2.75, 3.05) is 11.9 Å².